The third-order valence-corrected chi connectivity index (χ3v) is 2.08. The first-order valence-corrected chi connectivity index (χ1v) is 5.91. The van der Waals surface area contributed by atoms with Crippen LogP contribution in [0.5, 0.6) is 0 Å². The maximum Gasteiger partial charge on any atom is 0.337 e. The summed E-state index contributed by atoms with van der Waals surface area (Å²) in [6.07, 6.45) is -2.41. The Morgan fingerprint density at radius 1 is 1.00 bits per heavy atom. The lowest BCUT2D eigenvalue weighted by Gasteiger charge is -2.29. The molecule has 0 amide bonds. The molecule has 0 fully saturated rings. The minimum absolute atomic E-state index is 0.414. The minimum Gasteiger partial charge on any atom is -0.481 e. The van der Waals surface area contributed by atoms with Crippen molar-refractivity contribution in [3.05, 3.63) is 0 Å². The van der Waals surface area contributed by atoms with Gasteiger partial charge in [0.05, 0.1) is 25.0 Å². The Balaban J connectivity index is 5.15. The highest BCUT2D eigenvalue weighted by molar-refractivity contribution is 5.88. The van der Waals surface area contributed by atoms with E-state index in [1.165, 1.54) is 0 Å². The normalized spacial score (nSPS) is 14.2. The van der Waals surface area contributed by atoms with Crippen molar-refractivity contribution in [1.82, 2.24) is 0 Å². The number of hydrogen-bond acceptors (Lipinski definition) is 5. The zero-order valence-electron chi connectivity index (χ0n) is 11.5. The standard InChI is InChI=1S/C12H20O7/c1-7(2)18-10(15)6-12(11(16)17,5-9(13)14)19-8(3)4/h7-8H,5-6H2,1-4H3,(H,13,14)(H,16,17). The number of carbonyl (C=O) groups excluding carboxylic acids is 1. The van der Waals surface area contributed by atoms with Gasteiger partial charge in [-0.1, -0.05) is 0 Å². The van der Waals surface area contributed by atoms with Crippen molar-refractivity contribution in [1.29, 1.82) is 0 Å². The van der Waals surface area contributed by atoms with Crippen molar-refractivity contribution in [2.45, 2.75) is 58.3 Å². The molecular formula is C12H20O7. The van der Waals surface area contributed by atoms with Gasteiger partial charge in [0.1, 0.15) is 0 Å². The van der Waals surface area contributed by atoms with Gasteiger partial charge in [0, 0.05) is 0 Å². The Morgan fingerprint density at radius 2 is 1.53 bits per heavy atom. The van der Waals surface area contributed by atoms with Crippen molar-refractivity contribution in [2.24, 2.45) is 0 Å². The fourth-order valence-corrected chi connectivity index (χ4v) is 1.58. The fourth-order valence-electron chi connectivity index (χ4n) is 1.58. The molecule has 0 bridgehead atoms. The third kappa shape index (κ3) is 6.19. The van der Waals surface area contributed by atoms with Crippen LogP contribution in [0.25, 0.3) is 0 Å². The molecular weight excluding hydrogens is 256 g/mol. The van der Waals surface area contributed by atoms with E-state index >= 15 is 0 Å². The summed E-state index contributed by atoms with van der Waals surface area (Å²) in [4.78, 5) is 33.7. The zero-order valence-corrected chi connectivity index (χ0v) is 11.5. The molecule has 1 atom stereocenters. The Hall–Kier alpha value is -1.63. The minimum atomic E-state index is -2.11. The summed E-state index contributed by atoms with van der Waals surface area (Å²) in [5, 5.41) is 18.0. The average molecular weight is 276 g/mol. The van der Waals surface area contributed by atoms with Crippen LogP contribution >= 0.6 is 0 Å². The van der Waals surface area contributed by atoms with Gasteiger partial charge in [0.25, 0.3) is 0 Å². The Labute approximate surface area is 111 Å². The monoisotopic (exact) mass is 276 g/mol. The molecule has 0 saturated heterocycles. The van der Waals surface area contributed by atoms with E-state index in [-0.39, 0.29) is 0 Å². The molecule has 0 spiro atoms. The third-order valence-electron chi connectivity index (χ3n) is 2.08. The smallest absolute Gasteiger partial charge is 0.337 e. The van der Waals surface area contributed by atoms with Crippen molar-refractivity contribution < 1.29 is 34.1 Å². The molecule has 0 aliphatic heterocycles. The molecule has 0 aliphatic carbocycles. The summed E-state index contributed by atoms with van der Waals surface area (Å²) in [5.41, 5.74) is -2.11. The lowest BCUT2D eigenvalue weighted by molar-refractivity contribution is -0.186. The molecule has 110 valence electrons. The summed E-state index contributed by atoms with van der Waals surface area (Å²) in [7, 11) is 0. The zero-order chi connectivity index (χ0) is 15.2. The van der Waals surface area contributed by atoms with E-state index in [1.807, 2.05) is 0 Å². The van der Waals surface area contributed by atoms with Crippen molar-refractivity contribution >= 4 is 17.9 Å². The number of aliphatic carboxylic acids is 2. The van der Waals surface area contributed by atoms with Gasteiger partial charge in [0.2, 0.25) is 0 Å². The summed E-state index contributed by atoms with van der Waals surface area (Å²) in [6.45, 7) is 6.35. The molecule has 1 unspecified atom stereocenters. The van der Waals surface area contributed by atoms with Gasteiger partial charge in [-0.05, 0) is 27.7 Å². The Morgan fingerprint density at radius 3 is 1.84 bits per heavy atom. The van der Waals surface area contributed by atoms with Crippen molar-refractivity contribution in [3.63, 3.8) is 0 Å². The van der Waals surface area contributed by atoms with E-state index in [0.717, 1.165) is 0 Å². The highest BCUT2D eigenvalue weighted by atomic mass is 16.6. The second-order valence-corrected chi connectivity index (χ2v) is 4.75. The summed E-state index contributed by atoms with van der Waals surface area (Å²) in [6, 6.07) is 0. The number of rotatable bonds is 8. The highest BCUT2D eigenvalue weighted by Crippen LogP contribution is 2.24. The van der Waals surface area contributed by atoms with Crippen LogP contribution < -0.4 is 0 Å². The average Bonchev–Trinajstić information content (AvgIpc) is 2.12. The van der Waals surface area contributed by atoms with Crippen LogP contribution in [0.15, 0.2) is 0 Å². The molecule has 7 heteroatoms. The largest absolute Gasteiger partial charge is 0.481 e. The summed E-state index contributed by atoms with van der Waals surface area (Å²) in [5.74, 6) is -3.66. The van der Waals surface area contributed by atoms with Crippen LogP contribution in [0, 0.1) is 0 Å². The van der Waals surface area contributed by atoms with E-state index < -0.39 is 48.6 Å². The summed E-state index contributed by atoms with van der Waals surface area (Å²) < 4.78 is 10.0. The number of carboxylic acid groups (broad SMARTS) is 2. The molecule has 7 nitrogen and oxygen atoms in total. The maximum atomic E-state index is 11.6. The number of ether oxygens (including phenoxy) is 2. The Kier molecular flexibility index (Phi) is 6.47. The first-order valence-electron chi connectivity index (χ1n) is 5.91. The van der Waals surface area contributed by atoms with Gasteiger partial charge < -0.3 is 19.7 Å². The van der Waals surface area contributed by atoms with Crippen molar-refractivity contribution in [3.8, 4) is 0 Å². The van der Waals surface area contributed by atoms with Gasteiger partial charge in [-0.15, -0.1) is 0 Å². The van der Waals surface area contributed by atoms with Crippen LogP contribution in [0.4, 0.5) is 0 Å². The first-order chi connectivity index (χ1) is 8.59. The van der Waals surface area contributed by atoms with E-state index in [2.05, 4.69) is 0 Å². The second kappa shape index (κ2) is 7.08. The quantitative estimate of drug-likeness (QED) is 0.637. The second-order valence-electron chi connectivity index (χ2n) is 4.75. The molecule has 0 aromatic carbocycles. The maximum absolute atomic E-state index is 11.6. The fraction of sp³-hybridized carbons (Fsp3) is 0.750. The van der Waals surface area contributed by atoms with E-state index in [4.69, 9.17) is 14.6 Å². The molecule has 19 heavy (non-hydrogen) atoms. The highest BCUT2D eigenvalue weighted by Gasteiger charge is 2.45. The van der Waals surface area contributed by atoms with E-state index in [0.29, 0.717) is 0 Å². The molecule has 0 saturated carbocycles. The van der Waals surface area contributed by atoms with Crippen molar-refractivity contribution in [2.75, 3.05) is 0 Å². The van der Waals surface area contributed by atoms with Crippen LogP contribution in [0.1, 0.15) is 40.5 Å². The predicted octanol–water partition coefficient (Wildman–Crippen LogP) is 1.05. The van der Waals surface area contributed by atoms with Crippen LogP contribution in [-0.2, 0) is 23.9 Å². The van der Waals surface area contributed by atoms with E-state index in [9.17, 15) is 19.5 Å². The van der Waals surface area contributed by atoms with Gasteiger partial charge in [-0.2, -0.15) is 0 Å². The number of carboxylic acids is 2. The lowest BCUT2D eigenvalue weighted by Crippen LogP contribution is -2.47. The van der Waals surface area contributed by atoms with E-state index in [1.54, 1.807) is 27.7 Å². The molecule has 0 heterocycles. The molecule has 0 rings (SSSR count). The first kappa shape index (κ1) is 17.4. The SMILES string of the molecule is CC(C)OC(=O)CC(CC(=O)O)(OC(C)C)C(=O)O. The molecule has 0 radical (unpaired) electrons. The van der Waals surface area contributed by atoms with Crippen LogP contribution in [0.2, 0.25) is 0 Å². The Bertz CT molecular complexity index is 348. The van der Waals surface area contributed by atoms with Crippen LogP contribution in [-0.4, -0.2) is 45.9 Å². The number of carbonyl (C=O) groups is 3. The van der Waals surface area contributed by atoms with Gasteiger partial charge >= 0.3 is 17.9 Å². The topological polar surface area (TPSA) is 110 Å². The summed E-state index contributed by atoms with van der Waals surface area (Å²) >= 11 is 0. The van der Waals surface area contributed by atoms with Gasteiger partial charge in [0.15, 0.2) is 5.60 Å². The molecule has 0 aliphatic rings. The van der Waals surface area contributed by atoms with Gasteiger partial charge in [-0.25, -0.2) is 4.79 Å². The number of esters is 1. The lowest BCUT2D eigenvalue weighted by atomic mass is 9.95. The van der Waals surface area contributed by atoms with Gasteiger partial charge in [-0.3, -0.25) is 9.59 Å². The predicted molar refractivity (Wildman–Crippen MR) is 64.7 cm³/mol. The molecule has 0 aromatic heterocycles. The van der Waals surface area contributed by atoms with Crippen LogP contribution in [0.3, 0.4) is 0 Å². The number of hydrogen-bond donors (Lipinski definition) is 2. The molecule has 2 N–H and O–H groups in total. The molecule has 0 aromatic rings.